The van der Waals surface area contributed by atoms with Gasteiger partial charge in [-0.15, -0.1) is 12.4 Å². The largest absolute Gasteiger partial charge is 0.378 e. The Morgan fingerprint density at radius 2 is 2.05 bits per heavy atom. The highest BCUT2D eigenvalue weighted by atomic mass is 35.5. The molecule has 2 rings (SSSR count). The van der Waals surface area contributed by atoms with Crippen molar-refractivity contribution < 1.29 is 9.53 Å². The molecule has 124 valence electrons. The van der Waals surface area contributed by atoms with Crippen molar-refractivity contribution in [2.75, 3.05) is 40.4 Å². The standard InChI is InChI=1S/C15H29N3O2.ClH/c1-18(2)15(6-4-3-5-7-15)12-17-14(19)10-13-11-20-9-8-16-13;/h13,16H,3-12H2,1-2H3,(H,17,19);1H. The van der Waals surface area contributed by atoms with E-state index in [2.05, 4.69) is 29.6 Å². The molecule has 0 radical (unpaired) electrons. The van der Waals surface area contributed by atoms with Crippen molar-refractivity contribution >= 4 is 18.3 Å². The van der Waals surface area contributed by atoms with Gasteiger partial charge in [-0.3, -0.25) is 4.79 Å². The molecular weight excluding hydrogens is 290 g/mol. The minimum absolute atomic E-state index is 0. The first-order valence-corrected chi connectivity index (χ1v) is 7.88. The smallest absolute Gasteiger partial charge is 0.221 e. The summed E-state index contributed by atoms with van der Waals surface area (Å²) >= 11 is 0. The van der Waals surface area contributed by atoms with Crippen LogP contribution in [0.3, 0.4) is 0 Å². The fourth-order valence-corrected chi connectivity index (χ4v) is 3.30. The lowest BCUT2D eigenvalue weighted by molar-refractivity contribution is -0.123. The highest BCUT2D eigenvalue weighted by molar-refractivity contribution is 5.85. The summed E-state index contributed by atoms with van der Waals surface area (Å²) in [5, 5.41) is 6.47. The van der Waals surface area contributed by atoms with E-state index in [4.69, 9.17) is 4.74 Å². The van der Waals surface area contributed by atoms with Gasteiger partial charge in [0, 0.05) is 31.1 Å². The molecule has 0 aromatic heterocycles. The Balaban J connectivity index is 0.00000220. The van der Waals surface area contributed by atoms with Gasteiger partial charge >= 0.3 is 0 Å². The summed E-state index contributed by atoms with van der Waals surface area (Å²) in [7, 11) is 4.27. The van der Waals surface area contributed by atoms with Gasteiger partial charge < -0.3 is 20.3 Å². The average molecular weight is 320 g/mol. The lowest BCUT2D eigenvalue weighted by Crippen LogP contribution is -2.54. The van der Waals surface area contributed by atoms with Crippen LogP contribution in [0.4, 0.5) is 0 Å². The van der Waals surface area contributed by atoms with Gasteiger partial charge in [-0.25, -0.2) is 0 Å². The summed E-state index contributed by atoms with van der Waals surface area (Å²) in [4.78, 5) is 14.4. The first-order chi connectivity index (χ1) is 9.62. The number of carbonyl (C=O) groups excluding carboxylic acids is 1. The number of likely N-dealkylation sites (N-methyl/N-ethyl adjacent to an activating group) is 1. The maximum Gasteiger partial charge on any atom is 0.221 e. The molecule has 1 aliphatic carbocycles. The van der Waals surface area contributed by atoms with Gasteiger partial charge in [0.1, 0.15) is 0 Å². The summed E-state index contributed by atoms with van der Waals surface area (Å²) in [6, 6.07) is 0.172. The fraction of sp³-hybridized carbons (Fsp3) is 0.933. The van der Waals surface area contributed by atoms with E-state index in [0.29, 0.717) is 13.0 Å². The molecule has 6 heteroatoms. The second-order valence-electron chi connectivity index (χ2n) is 6.39. The molecule has 0 bridgehead atoms. The Morgan fingerprint density at radius 3 is 2.62 bits per heavy atom. The van der Waals surface area contributed by atoms with Gasteiger partial charge in [0.05, 0.1) is 13.2 Å². The van der Waals surface area contributed by atoms with Crippen molar-refractivity contribution in [3.05, 3.63) is 0 Å². The van der Waals surface area contributed by atoms with Gasteiger partial charge in [-0.05, 0) is 26.9 Å². The molecule has 0 spiro atoms. The number of carbonyl (C=O) groups is 1. The maximum atomic E-state index is 12.1. The highest BCUT2D eigenvalue weighted by Crippen LogP contribution is 2.31. The third-order valence-corrected chi connectivity index (χ3v) is 4.78. The number of nitrogens with one attached hydrogen (secondary N) is 2. The van der Waals surface area contributed by atoms with Gasteiger partial charge in [-0.2, -0.15) is 0 Å². The molecule has 1 saturated heterocycles. The maximum absolute atomic E-state index is 12.1. The summed E-state index contributed by atoms with van der Waals surface area (Å²) in [5.41, 5.74) is 0.157. The predicted molar refractivity (Wildman–Crippen MR) is 87.0 cm³/mol. The summed E-state index contributed by atoms with van der Waals surface area (Å²) in [6.07, 6.45) is 6.75. The van der Waals surface area contributed by atoms with E-state index in [1.807, 2.05) is 0 Å². The van der Waals surface area contributed by atoms with Gasteiger partial charge in [0.2, 0.25) is 5.91 Å². The average Bonchev–Trinajstić information content (AvgIpc) is 2.47. The number of hydrogen-bond acceptors (Lipinski definition) is 4. The van der Waals surface area contributed by atoms with E-state index in [1.165, 1.54) is 32.1 Å². The molecule has 1 heterocycles. The second-order valence-corrected chi connectivity index (χ2v) is 6.39. The van der Waals surface area contributed by atoms with Crippen LogP contribution in [0.2, 0.25) is 0 Å². The quantitative estimate of drug-likeness (QED) is 0.798. The van der Waals surface area contributed by atoms with Crippen LogP contribution >= 0.6 is 12.4 Å². The Morgan fingerprint density at radius 1 is 1.33 bits per heavy atom. The molecule has 1 unspecified atom stereocenters. The summed E-state index contributed by atoms with van der Waals surface area (Å²) in [5.74, 6) is 0.139. The van der Waals surface area contributed by atoms with Crippen LogP contribution in [-0.2, 0) is 9.53 Å². The molecular formula is C15H30ClN3O2. The van der Waals surface area contributed by atoms with Gasteiger partial charge in [0.25, 0.3) is 0 Å². The third kappa shape index (κ3) is 5.40. The van der Waals surface area contributed by atoms with E-state index < -0.39 is 0 Å². The van der Waals surface area contributed by atoms with Crippen LogP contribution in [0.15, 0.2) is 0 Å². The number of rotatable bonds is 5. The molecule has 21 heavy (non-hydrogen) atoms. The molecule has 0 aromatic rings. The van der Waals surface area contributed by atoms with E-state index in [1.54, 1.807) is 0 Å². The van der Waals surface area contributed by atoms with Crippen molar-refractivity contribution in [1.29, 1.82) is 0 Å². The number of nitrogens with zero attached hydrogens (tertiary/aromatic N) is 1. The first-order valence-electron chi connectivity index (χ1n) is 7.88. The molecule has 5 nitrogen and oxygen atoms in total. The van der Waals surface area contributed by atoms with Gasteiger partial charge in [0.15, 0.2) is 0 Å². The SMILES string of the molecule is CN(C)C1(CNC(=O)CC2COCCN2)CCCCC1.Cl. The second kappa shape index (κ2) is 8.93. The Labute approximate surface area is 134 Å². The molecule has 2 fully saturated rings. The summed E-state index contributed by atoms with van der Waals surface area (Å²) in [6.45, 7) is 3.01. The highest BCUT2D eigenvalue weighted by Gasteiger charge is 2.34. The van der Waals surface area contributed by atoms with Gasteiger partial charge in [-0.1, -0.05) is 19.3 Å². The van der Waals surface area contributed by atoms with Crippen molar-refractivity contribution in [1.82, 2.24) is 15.5 Å². The molecule has 2 aliphatic rings. The number of ether oxygens (including phenoxy) is 1. The topological polar surface area (TPSA) is 53.6 Å². The normalized spacial score (nSPS) is 25.2. The Hall–Kier alpha value is -0.360. The van der Waals surface area contributed by atoms with E-state index in [-0.39, 0.29) is 29.9 Å². The van der Waals surface area contributed by atoms with E-state index in [9.17, 15) is 4.79 Å². The zero-order chi connectivity index (χ0) is 14.4. The Kier molecular flexibility index (Phi) is 7.95. The lowest BCUT2D eigenvalue weighted by Gasteiger charge is -2.43. The van der Waals surface area contributed by atoms with Crippen LogP contribution < -0.4 is 10.6 Å². The number of amides is 1. The van der Waals surface area contributed by atoms with E-state index >= 15 is 0 Å². The molecule has 1 saturated carbocycles. The van der Waals surface area contributed by atoms with Crippen molar-refractivity contribution in [3.63, 3.8) is 0 Å². The van der Waals surface area contributed by atoms with Crippen LogP contribution in [0.1, 0.15) is 38.5 Å². The Bertz CT molecular complexity index is 314. The monoisotopic (exact) mass is 319 g/mol. The summed E-state index contributed by atoms with van der Waals surface area (Å²) < 4.78 is 5.38. The molecule has 1 atom stereocenters. The molecule has 1 amide bonds. The van der Waals surface area contributed by atoms with Crippen molar-refractivity contribution in [3.8, 4) is 0 Å². The number of morpholine rings is 1. The zero-order valence-electron chi connectivity index (χ0n) is 13.3. The lowest BCUT2D eigenvalue weighted by atomic mass is 9.80. The van der Waals surface area contributed by atoms with Crippen LogP contribution in [0.25, 0.3) is 0 Å². The van der Waals surface area contributed by atoms with E-state index in [0.717, 1.165) is 19.7 Å². The molecule has 2 N–H and O–H groups in total. The zero-order valence-corrected chi connectivity index (χ0v) is 14.1. The third-order valence-electron chi connectivity index (χ3n) is 4.78. The minimum Gasteiger partial charge on any atom is -0.378 e. The van der Waals surface area contributed by atoms with Crippen molar-refractivity contribution in [2.45, 2.75) is 50.1 Å². The van der Waals surface area contributed by atoms with Crippen LogP contribution in [-0.4, -0.2) is 62.8 Å². The minimum atomic E-state index is 0. The van der Waals surface area contributed by atoms with Crippen molar-refractivity contribution in [2.24, 2.45) is 0 Å². The molecule has 1 aliphatic heterocycles. The number of hydrogen-bond donors (Lipinski definition) is 2. The predicted octanol–water partition coefficient (Wildman–Crippen LogP) is 1.17. The van der Waals surface area contributed by atoms with Crippen LogP contribution in [0.5, 0.6) is 0 Å². The molecule has 0 aromatic carbocycles. The number of halogens is 1. The fourth-order valence-electron chi connectivity index (χ4n) is 3.30. The first kappa shape index (κ1) is 18.7. The van der Waals surface area contributed by atoms with Crippen LogP contribution in [0, 0.1) is 0 Å².